The molecule has 1 heterocycles. The SMILES string of the molecule is Cc1ccc(NC(=O)C(C)OC(=O)c2[nH]c3ccccc3c2Cl)c(C)c1. The number of H-pyrrole nitrogens is 1. The summed E-state index contributed by atoms with van der Waals surface area (Å²) < 4.78 is 5.28. The zero-order valence-corrected chi connectivity index (χ0v) is 15.5. The summed E-state index contributed by atoms with van der Waals surface area (Å²) in [6, 6.07) is 13.0. The lowest BCUT2D eigenvalue weighted by Crippen LogP contribution is -2.30. The number of aryl methyl sites for hydroxylation is 2. The first-order valence-electron chi connectivity index (χ1n) is 8.22. The number of carbonyl (C=O) groups is 2. The molecule has 0 aliphatic carbocycles. The highest BCUT2D eigenvalue weighted by molar-refractivity contribution is 6.38. The molecule has 0 spiro atoms. The van der Waals surface area contributed by atoms with Crippen LogP contribution < -0.4 is 5.32 Å². The number of para-hydroxylation sites is 1. The first-order valence-corrected chi connectivity index (χ1v) is 8.60. The van der Waals surface area contributed by atoms with Gasteiger partial charge in [0, 0.05) is 16.6 Å². The van der Waals surface area contributed by atoms with Gasteiger partial charge in [-0.1, -0.05) is 47.5 Å². The minimum atomic E-state index is -0.967. The van der Waals surface area contributed by atoms with Gasteiger partial charge in [-0.25, -0.2) is 4.79 Å². The maximum Gasteiger partial charge on any atom is 0.357 e. The summed E-state index contributed by atoms with van der Waals surface area (Å²) in [5, 5.41) is 3.79. The first-order chi connectivity index (χ1) is 12.4. The molecule has 26 heavy (non-hydrogen) atoms. The highest BCUT2D eigenvalue weighted by Crippen LogP contribution is 2.28. The molecule has 0 fully saturated rings. The number of anilines is 1. The van der Waals surface area contributed by atoms with E-state index >= 15 is 0 Å². The van der Waals surface area contributed by atoms with E-state index in [2.05, 4.69) is 10.3 Å². The van der Waals surface area contributed by atoms with Gasteiger partial charge in [0.15, 0.2) is 6.10 Å². The normalized spacial score (nSPS) is 12.0. The fourth-order valence-corrected chi connectivity index (χ4v) is 3.00. The highest BCUT2D eigenvalue weighted by Gasteiger charge is 2.23. The van der Waals surface area contributed by atoms with Gasteiger partial charge >= 0.3 is 5.97 Å². The van der Waals surface area contributed by atoms with Crippen LogP contribution in [-0.2, 0) is 9.53 Å². The van der Waals surface area contributed by atoms with Gasteiger partial charge in [-0.3, -0.25) is 4.79 Å². The topological polar surface area (TPSA) is 71.2 Å². The van der Waals surface area contributed by atoms with Crippen LogP contribution in [0, 0.1) is 13.8 Å². The number of halogens is 1. The summed E-state index contributed by atoms with van der Waals surface area (Å²) in [6.07, 6.45) is -0.967. The molecule has 134 valence electrons. The molecule has 1 aromatic heterocycles. The second kappa shape index (κ2) is 7.22. The number of hydrogen-bond donors (Lipinski definition) is 2. The highest BCUT2D eigenvalue weighted by atomic mass is 35.5. The quantitative estimate of drug-likeness (QED) is 0.658. The van der Waals surface area contributed by atoms with Crippen LogP contribution >= 0.6 is 11.6 Å². The number of carbonyl (C=O) groups excluding carboxylic acids is 2. The average molecular weight is 371 g/mol. The Bertz CT molecular complexity index is 994. The molecule has 3 rings (SSSR count). The van der Waals surface area contributed by atoms with E-state index in [1.54, 1.807) is 6.07 Å². The van der Waals surface area contributed by atoms with E-state index in [-0.39, 0.29) is 10.7 Å². The molecule has 3 aromatic rings. The van der Waals surface area contributed by atoms with Crippen molar-refractivity contribution in [3.8, 4) is 0 Å². The lowest BCUT2D eigenvalue weighted by molar-refractivity contribution is -0.123. The third-order valence-electron chi connectivity index (χ3n) is 4.14. The standard InChI is InChI=1S/C20H19ClN2O3/c1-11-8-9-15(12(2)10-11)23-19(24)13(3)26-20(25)18-17(21)14-6-4-5-7-16(14)22-18/h4-10,13,22H,1-3H3,(H,23,24). The van der Waals surface area contributed by atoms with Crippen LogP contribution in [0.5, 0.6) is 0 Å². The van der Waals surface area contributed by atoms with Crippen molar-refractivity contribution in [1.82, 2.24) is 4.98 Å². The number of nitrogens with one attached hydrogen (secondary N) is 2. The van der Waals surface area contributed by atoms with E-state index in [4.69, 9.17) is 16.3 Å². The summed E-state index contributed by atoms with van der Waals surface area (Å²) in [5.74, 6) is -1.08. The number of aromatic amines is 1. The third-order valence-corrected chi connectivity index (χ3v) is 4.53. The Morgan fingerprint density at radius 1 is 1.15 bits per heavy atom. The molecule has 6 heteroatoms. The number of esters is 1. The van der Waals surface area contributed by atoms with Crippen molar-refractivity contribution in [2.24, 2.45) is 0 Å². The molecule has 1 amide bonds. The molecule has 0 radical (unpaired) electrons. The van der Waals surface area contributed by atoms with Crippen molar-refractivity contribution in [2.75, 3.05) is 5.32 Å². The first kappa shape index (κ1) is 18.0. The van der Waals surface area contributed by atoms with Crippen molar-refractivity contribution < 1.29 is 14.3 Å². The van der Waals surface area contributed by atoms with Gasteiger partial charge in [-0.05, 0) is 38.5 Å². The van der Waals surface area contributed by atoms with E-state index in [1.807, 2.05) is 50.2 Å². The lowest BCUT2D eigenvalue weighted by atomic mass is 10.1. The second-order valence-corrected chi connectivity index (χ2v) is 6.59. The number of benzene rings is 2. The molecule has 5 nitrogen and oxygen atoms in total. The molecule has 1 atom stereocenters. The summed E-state index contributed by atoms with van der Waals surface area (Å²) in [7, 11) is 0. The van der Waals surface area contributed by atoms with Crippen LogP contribution in [-0.4, -0.2) is 23.0 Å². The summed E-state index contributed by atoms with van der Waals surface area (Å²) >= 11 is 6.25. The average Bonchev–Trinajstić information content (AvgIpc) is 2.94. The molecule has 0 aliphatic rings. The van der Waals surface area contributed by atoms with Gasteiger partial charge in [0.1, 0.15) is 5.69 Å². The molecular formula is C20H19ClN2O3. The zero-order chi connectivity index (χ0) is 18.8. The smallest absolute Gasteiger partial charge is 0.357 e. The van der Waals surface area contributed by atoms with Crippen LogP contribution in [0.3, 0.4) is 0 Å². The van der Waals surface area contributed by atoms with E-state index in [0.717, 1.165) is 22.0 Å². The van der Waals surface area contributed by atoms with Crippen LogP contribution in [0.4, 0.5) is 5.69 Å². The molecular weight excluding hydrogens is 352 g/mol. The van der Waals surface area contributed by atoms with Gasteiger partial charge in [-0.15, -0.1) is 0 Å². The predicted molar refractivity (Wildman–Crippen MR) is 103 cm³/mol. The Kier molecular flexibility index (Phi) is 5.00. The Hall–Kier alpha value is -2.79. The van der Waals surface area contributed by atoms with Crippen molar-refractivity contribution in [2.45, 2.75) is 26.9 Å². The van der Waals surface area contributed by atoms with Crippen molar-refractivity contribution in [3.05, 3.63) is 64.3 Å². The molecule has 2 aromatic carbocycles. The Labute approximate surface area is 156 Å². The Morgan fingerprint density at radius 2 is 1.88 bits per heavy atom. The second-order valence-electron chi connectivity index (χ2n) is 6.21. The van der Waals surface area contributed by atoms with Crippen LogP contribution in [0.25, 0.3) is 10.9 Å². The number of amides is 1. The van der Waals surface area contributed by atoms with Crippen LogP contribution in [0.15, 0.2) is 42.5 Å². The van der Waals surface area contributed by atoms with E-state index in [1.165, 1.54) is 6.92 Å². The third kappa shape index (κ3) is 3.58. The molecule has 0 saturated carbocycles. The minimum Gasteiger partial charge on any atom is -0.448 e. The molecule has 0 aliphatic heterocycles. The zero-order valence-electron chi connectivity index (χ0n) is 14.7. The lowest BCUT2D eigenvalue weighted by Gasteiger charge is -2.14. The maximum atomic E-state index is 12.4. The van der Waals surface area contributed by atoms with E-state index < -0.39 is 18.0 Å². The van der Waals surface area contributed by atoms with Gasteiger partial charge in [0.2, 0.25) is 0 Å². The minimum absolute atomic E-state index is 0.138. The van der Waals surface area contributed by atoms with Crippen LogP contribution in [0.2, 0.25) is 5.02 Å². The van der Waals surface area contributed by atoms with Gasteiger partial charge in [0.25, 0.3) is 5.91 Å². The number of fused-ring (bicyclic) bond motifs is 1. The van der Waals surface area contributed by atoms with Crippen molar-refractivity contribution >= 4 is 40.1 Å². The predicted octanol–water partition coefficient (Wildman–Crippen LogP) is 4.62. The monoisotopic (exact) mass is 370 g/mol. The summed E-state index contributed by atoms with van der Waals surface area (Å²) in [5.41, 5.74) is 3.60. The Balaban J connectivity index is 1.71. The van der Waals surface area contributed by atoms with Gasteiger partial charge in [0.05, 0.1) is 5.02 Å². The fraction of sp³-hybridized carbons (Fsp3) is 0.200. The number of aromatic nitrogens is 1. The molecule has 0 saturated heterocycles. The molecule has 1 unspecified atom stereocenters. The summed E-state index contributed by atoms with van der Waals surface area (Å²) in [4.78, 5) is 27.7. The molecule has 2 N–H and O–H groups in total. The number of ether oxygens (including phenoxy) is 1. The Morgan fingerprint density at radius 3 is 2.58 bits per heavy atom. The van der Waals surface area contributed by atoms with E-state index in [9.17, 15) is 9.59 Å². The van der Waals surface area contributed by atoms with Crippen molar-refractivity contribution in [3.63, 3.8) is 0 Å². The molecule has 0 bridgehead atoms. The fourth-order valence-electron chi connectivity index (χ4n) is 2.71. The van der Waals surface area contributed by atoms with Gasteiger partial charge < -0.3 is 15.0 Å². The van der Waals surface area contributed by atoms with E-state index in [0.29, 0.717) is 5.69 Å². The van der Waals surface area contributed by atoms with Gasteiger partial charge in [-0.2, -0.15) is 0 Å². The number of hydrogen-bond acceptors (Lipinski definition) is 3. The maximum absolute atomic E-state index is 12.4. The largest absolute Gasteiger partial charge is 0.448 e. The van der Waals surface area contributed by atoms with Crippen LogP contribution in [0.1, 0.15) is 28.5 Å². The number of rotatable bonds is 4. The summed E-state index contributed by atoms with van der Waals surface area (Å²) in [6.45, 7) is 5.41. The van der Waals surface area contributed by atoms with Crippen molar-refractivity contribution in [1.29, 1.82) is 0 Å².